The van der Waals surface area contributed by atoms with Crippen molar-refractivity contribution in [3.8, 4) is 0 Å². The van der Waals surface area contributed by atoms with Gasteiger partial charge < -0.3 is 0 Å². The molecule has 1 fully saturated rings. The Morgan fingerprint density at radius 1 is 1.10 bits per heavy atom. The topological polar surface area (TPSA) is 0 Å². The van der Waals surface area contributed by atoms with Gasteiger partial charge in [-0.25, -0.2) is 0 Å². The van der Waals surface area contributed by atoms with Gasteiger partial charge in [0.05, 0.1) is 0 Å². The molecule has 1 saturated carbocycles. The molecule has 0 spiro atoms. The van der Waals surface area contributed by atoms with Crippen molar-refractivity contribution in [3.05, 3.63) is 71.9 Å². The van der Waals surface area contributed by atoms with E-state index in [-0.39, 0.29) is 0 Å². The molecule has 226 valence electrons. The van der Waals surface area contributed by atoms with Gasteiger partial charge in [0.15, 0.2) is 0 Å². The molecule has 1 heteroatoms. The van der Waals surface area contributed by atoms with Gasteiger partial charge >= 0.3 is 0 Å². The predicted molar refractivity (Wildman–Crippen MR) is 187 cm³/mol. The second kappa shape index (κ2) is 23.5. The first kappa shape index (κ1) is 39.9. The van der Waals surface area contributed by atoms with Crippen LogP contribution in [0.3, 0.4) is 0 Å². The average Bonchev–Trinajstić information content (AvgIpc) is 3.32. The highest BCUT2D eigenvalue weighted by Gasteiger charge is 2.49. The number of rotatable bonds is 8. The maximum Gasteiger partial charge on any atom is -0.0108 e. The van der Waals surface area contributed by atoms with Crippen molar-refractivity contribution in [1.82, 2.24) is 0 Å². The number of hydrogen-bond acceptors (Lipinski definition) is 1. The quantitative estimate of drug-likeness (QED) is 0.223. The molecule has 3 aliphatic rings. The number of fused-ring (bicyclic) bond motifs is 1. The fourth-order valence-corrected chi connectivity index (χ4v) is 6.76. The van der Waals surface area contributed by atoms with Crippen LogP contribution in [-0.4, -0.2) is 6.26 Å². The largest absolute Gasteiger partial charge is 0.183 e. The Morgan fingerprint density at radius 3 is 2.28 bits per heavy atom. The minimum Gasteiger partial charge on any atom is -0.183 e. The zero-order chi connectivity index (χ0) is 30.4. The Kier molecular flexibility index (Phi) is 24.1. The van der Waals surface area contributed by atoms with Crippen molar-refractivity contribution in [3.63, 3.8) is 0 Å². The Hall–Kier alpha value is -1.21. The number of hydrogen-bond donors (Lipinski definition) is 1. The van der Waals surface area contributed by atoms with Crippen molar-refractivity contribution in [2.24, 2.45) is 29.1 Å². The summed E-state index contributed by atoms with van der Waals surface area (Å²) in [5.74, 6) is 3.37. The van der Waals surface area contributed by atoms with Crippen molar-refractivity contribution in [2.75, 3.05) is 6.26 Å². The summed E-state index contributed by atoms with van der Waals surface area (Å²) in [6, 6.07) is 0. The van der Waals surface area contributed by atoms with Gasteiger partial charge in [-0.1, -0.05) is 136 Å². The van der Waals surface area contributed by atoms with Crippen LogP contribution in [0.25, 0.3) is 0 Å². The third kappa shape index (κ3) is 12.9. The lowest BCUT2D eigenvalue weighted by atomic mass is 9.62. The maximum atomic E-state index is 3.85. The lowest BCUT2D eigenvalue weighted by Gasteiger charge is -2.43. The summed E-state index contributed by atoms with van der Waals surface area (Å²) < 4.78 is 0. The highest BCUT2D eigenvalue weighted by atomic mass is 32.1. The molecule has 0 N–H and O–H groups in total. The monoisotopic (exact) mass is 557 g/mol. The normalized spacial score (nSPS) is 26.4. The lowest BCUT2D eigenvalue weighted by molar-refractivity contribution is 0.111. The van der Waals surface area contributed by atoms with E-state index < -0.39 is 0 Å². The molecule has 0 nitrogen and oxygen atoms in total. The third-order valence-electron chi connectivity index (χ3n) is 8.91. The lowest BCUT2D eigenvalue weighted by Crippen LogP contribution is -2.34. The molecule has 0 aromatic carbocycles. The molecule has 5 unspecified atom stereocenters. The molecule has 0 heterocycles. The Labute approximate surface area is 252 Å². The average molecular weight is 557 g/mol. The number of thiol groups is 1. The number of allylic oxidation sites excluding steroid dienone is 10. The van der Waals surface area contributed by atoms with Crippen molar-refractivity contribution >= 4 is 12.6 Å². The van der Waals surface area contributed by atoms with Gasteiger partial charge in [0, 0.05) is 0 Å². The molecule has 3 aliphatic carbocycles. The highest BCUT2D eigenvalue weighted by molar-refractivity contribution is 7.79. The van der Waals surface area contributed by atoms with Crippen LogP contribution in [0.4, 0.5) is 0 Å². The zero-order valence-electron chi connectivity index (χ0n) is 28.2. The SMILES string of the molecule is C=C/C=C\C(=C)CCC.CC.CC.CCC(C)C1CCC2C(/C=C/C3=C(C)CCCC3C)=CCCC21C.CS. The Balaban J connectivity index is 0. The molecule has 3 rings (SSSR count). The zero-order valence-corrected chi connectivity index (χ0v) is 29.1. The molecular formula is C38H68S. The molecule has 0 radical (unpaired) electrons. The minimum atomic E-state index is 0.547. The summed E-state index contributed by atoms with van der Waals surface area (Å²) in [6.45, 7) is 29.8. The first-order chi connectivity index (χ1) is 18.8. The standard InChI is InChI=1S/C24H38.C9H14.2C2H6.CH4S/c1-6-17(2)22-14-15-23-20(11-8-16-24(22,23)5)12-13-21-18(3)9-7-10-19(21)4;1-4-6-8-9(3)7-5-2;3*1-2/h11-13,17-18,22-23H,6-10,14-16H2,1-5H3;4,6,8H,1,3,5,7H2,2H3;2*1-2H3;2H,1H3/b13-12+;8-6-;;;. The summed E-state index contributed by atoms with van der Waals surface area (Å²) in [5.41, 5.74) is 6.65. The van der Waals surface area contributed by atoms with Gasteiger partial charge in [-0.2, -0.15) is 12.6 Å². The molecule has 0 aliphatic heterocycles. The van der Waals surface area contributed by atoms with Gasteiger partial charge in [0.2, 0.25) is 0 Å². The second-order valence-corrected chi connectivity index (χ2v) is 11.2. The van der Waals surface area contributed by atoms with Crippen LogP contribution in [0.5, 0.6) is 0 Å². The van der Waals surface area contributed by atoms with E-state index >= 15 is 0 Å². The van der Waals surface area contributed by atoms with Crippen LogP contribution in [-0.2, 0) is 0 Å². The first-order valence-electron chi connectivity index (χ1n) is 16.3. The Bertz CT molecular complexity index is 777. The van der Waals surface area contributed by atoms with Crippen LogP contribution in [0.1, 0.15) is 133 Å². The van der Waals surface area contributed by atoms with Crippen LogP contribution >= 0.6 is 12.6 Å². The summed E-state index contributed by atoms with van der Waals surface area (Å²) in [7, 11) is 0. The highest BCUT2D eigenvalue weighted by Crippen LogP contribution is 2.58. The summed E-state index contributed by atoms with van der Waals surface area (Å²) >= 11 is 3.53. The van der Waals surface area contributed by atoms with E-state index in [0.29, 0.717) is 5.41 Å². The van der Waals surface area contributed by atoms with Crippen molar-refractivity contribution < 1.29 is 0 Å². The van der Waals surface area contributed by atoms with Gasteiger partial charge in [-0.05, 0) is 105 Å². The molecule has 5 atom stereocenters. The van der Waals surface area contributed by atoms with Crippen molar-refractivity contribution in [2.45, 2.75) is 133 Å². The summed E-state index contributed by atoms with van der Waals surface area (Å²) in [6.07, 6.45) is 28.1. The molecule has 0 bridgehead atoms. The fraction of sp³-hybridized carbons (Fsp3) is 0.684. The second-order valence-electron chi connectivity index (χ2n) is 11.2. The van der Waals surface area contributed by atoms with Crippen LogP contribution in [0, 0.1) is 29.1 Å². The van der Waals surface area contributed by atoms with Crippen LogP contribution < -0.4 is 0 Å². The van der Waals surface area contributed by atoms with Crippen molar-refractivity contribution in [1.29, 1.82) is 0 Å². The van der Waals surface area contributed by atoms with E-state index in [2.05, 4.69) is 85.6 Å². The molecule has 0 amide bonds. The first-order valence-corrected chi connectivity index (χ1v) is 17.2. The summed E-state index contributed by atoms with van der Waals surface area (Å²) in [5, 5.41) is 0. The minimum absolute atomic E-state index is 0.547. The van der Waals surface area contributed by atoms with Gasteiger partial charge in [-0.15, -0.1) is 0 Å². The van der Waals surface area contributed by atoms with Gasteiger partial charge in [0.25, 0.3) is 0 Å². The predicted octanol–water partition coefficient (Wildman–Crippen LogP) is 13.2. The molecule has 39 heavy (non-hydrogen) atoms. The maximum absolute atomic E-state index is 3.85. The molecule has 0 saturated heterocycles. The van der Waals surface area contributed by atoms with Gasteiger partial charge in [0.1, 0.15) is 0 Å². The van der Waals surface area contributed by atoms with Crippen LogP contribution in [0.15, 0.2) is 71.9 Å². The van der Waals surface area contributed by atoms with E-state index in [0.717, 1.165) is 30.1 Å². The van der Waals surface area contributed by atoms with E-state index in [4.69, 9.17) is 0 Å². The van der Waals surface area contributed by atoms with E-state index in [1.807, 2.05) is 39.8 Å². The van der Waals surface area contributed by atoms with E-state index in [1.165, 1.54) is 63.4 Å². The fourth-order valence-electron chi connectivity index (χ4n) is 6.76. The summed E-state index contributed by atoms with van der Waals surface area (Å²) in [4.78, 5) is 0. The smallest absolute Gasteiger partial charge is 0.0108 e. The van der Waals surface area contributed by atoms with Crippen LogP contribution in [0.2, 0.25) is 0 Å². The van der Waals surface area contributed by atoms with E-state index in [9.17, 15) is 0 Å². The van der Waals surface area contributed by atoms with Gasteiger partial charge in [-0.3, -0.25) is 0 Å². The van der Waals surface area contributed by atoms with E-state index in [1.54, 1.807) is 29.1 Å². The Morgan fingerprint density at radius 2 is 1.74 bits per heavy atom. The third-order valence-corrected chi connectivity index (χ3v) is 8.91. The molecule has 0 aromatic heterocycles. The molecule has 0 aromatic rings. The molecular weight excluding hydrogens is 488 g/mol.